The van der Waals surface area contributed by atoms with Crippen molar-refractivity contribution in [2.45, 2.75) is 19.8 Å². The first-order valence-corrected chi connectivity index (χ1v) is 6.62. The van der Waals surface area contributed by atoms with Crippen molar-refractivity contribution in [3.8, 4) is 12.1 Å². The fourth-order valence-electron chi connectivity index (χ4n) is 2.67. The molecule has 6 heteroatoms. The number of nitro benzene ring substituents is 1. The molecule has 1 aliphatic heterocycles. The fourth-order valence-corrected chi connectivity index (χ4v) is 2.67. The van der Waals surface area contributed by atoms with Crippen molar-refractivity contribution in [3.63, 3.8) is 0 Å². The van der Waals surface area contributed by atoms with E-state index in [0.717, 1.165) is 0 Å². The lowest BCUT2D eigenvalue weighted by atomic mass is 9.80. The Hall–Kier alpha value is -3.12. The molecule has 22 heavy (non-hydrogen) atoms. The molecule has 110 valence electrons. The van der Waals surface area contributed by atoms with Crippen LogP contribution < -0.4 is 0 Å². The van der Waals surface area contributed by atoms with Crippen LogP contribution in [0.5, 0.6) is 0 Å². The first-order valence-electron chi connectivity index (χ1n) is 6.62. The summed E-state index contributed by atoms with van der Waals surface area (Å²) >= 11 is 0. The lowest BCUT2D eigenvalue weighted by Gasteiger charge is -2.32. The van der Waals surface area contributed by atoms with Crippen molar-refractivity contribution in [1.82, 2.24) is 4.90 Å². The molecule has 0 atom stereocenters. The topological polar surface area (TPSA) is 94.0 Å². The molecule has 1 aromatic carbocycles. The van der Waals surface area contributed by atoms with Gasteiger partial charge in [0.1, 0.15) is 0 Å². The standard InChI is InChI=1S/C16H14N4O2/c1-10-13(8-17)16(14(9-18)11(2)19(10)3)12-6-4-5-7-15(12)20(21)22/h4-7,16H,1-3H3. The zero-order valence-corrected chi connectivity index (χ0v) is 12.5. The molecule has 2 rings (SSSR count). The summed E-state index contributed by atoms with van der Waals surface area (Å²) in [7, 11) is 1.77. The molecule has 0 unspecified atom stereocenters. The van der Waals surface area contributed by atoms with Crippen molar-refractivity contribution < 1.29 is 4.92 Å². The van der Waals surface area contributed by atoms with Gasteiger partial charge in [-0.1, -0.05) is 18.2 Å². The molecule has 0 aliphatic carbocycles. The van der Waals surface area contributed by atoms with Crippen LogP contribution in [0.1, 0.15) is 25.3 Å². The van der Waals surface area contributed by atoms with E-state index in [4.69, 9.17) is 0 Å². The number of benzene rings is 1. The quantitative estimate of drug-likeness (QED) is 0.616. The minimum absolute atomic E-state index is 0.0850. The maximum absolute atomic E-state index is 11.3. The van der Waals surface area contributed by atoms with Gasteiger partial charge in [0.25, 0.3) is 5.69 Å². The van der Waals surface area contributed by atoms with Gasteiger partial charge in [-0.15, -0.1) is 0 Å². The SMILES string of the molecule is CC1=C(C#N)C(c2ccccc2[N+](=O)[O-])C(C#N)=C(C)N1C. The van der Waals surface area contributed by atoms with Gasteiger partial charge in [-0.2, -0.15) is 10.5 Å². The van der Waals surface area contributed by atoms with Crippen LogP contribution in [0.3, 0.4) is 0 Å². The van der Waals surface area contributed by atoms with Crippen molar-refractivity contribution in [3.05, 3.63) is 62.5 Å². The van der Waals surface area contributed by atoms with Gasteiger partial charge in [0.2, 0.25) is 0 Å². The average molecular weight is 294 g/mol. The first kappa shape index (κ1) is 15.3. The molecule has 0 radical (unpaired) electrons. The Morgan fingerprint density at radius 1 is 1.14 bits per heavy atom. The summed E-state index contributed by atoms with van der Waals surface area (Å²) < 4.78 is 0. The zero-order valence-electron chi connectivity index (χ0n) is 12.5. The molecule has 1 aromatic rings. The summed E-state index contributed by atoms with van der Waals surface area (Å²) in [6.07, 6.45) is 0. The van der Waals surface area contributed by atoms with Gasteiger partial charge < -0.3 is 4.90 Å². The van der Waals surface area contributed by atoms with Gasteiger partial charge in [0.05, 0.1) is 34.1 Å². The van der Waals surface area contributed by atoms with Crippen LogP contribution >= 0.6 is 0 Å². The van der Waals surface area contributed by atoms with Crippen LogP contribution in [-0.2, 0) is 0 Å². The molecule has 0 spiro atoms. The smallest absolute Gasteiger partial charge is 0.273 e. The number of hydrogen-bond acceptors (Lipinski definition) is 5. The van der Waals surface area contributed by atoms with E-state index in [1.807, 2.05) is 0 Å². The predicted octanol–water partition coefficient (Wildman–Crippen LogP) is 3.22. The van der Waals surface area contributed by atoms with Crippen molar-refractivity contribution >= 4 is 5.69 Å². The molecule has 1 aliphatic rings. The van der Waals surface area contributed by atoms with Gasteiger partial charge in [0, 0.05) is 30.1 Å². The largest absolute Gasteiger partial charge is 0.350 e. The molecule has 6 nitrogen and oxygen atoms in total. The number of rotatable bonds is 2. The van der Waals surface area contributed by atoms with Gasteiger partial charge in [0.15, 0.2) is 0 Å². The van der Waals surface area contributed by atoms with E-state index < -0.39 is 10.8 Å². The lowest BCUT2D eigenvalue weighted by molar-refractivity contribution is -0.385. The second-order valence-corrected chi connectivity index (χ2v) is 5.03. The molecule has 1 heterocycles. The second kappa shape index (κ2) is 5.71. The average Bonchev–Trinajstić information content (AvgIpc) is 2.52. The molecule has 0 bridgehead atoms. The van der Waals surface area contributed by atoms with Crippen LogP contribution in [0.25, 0.3) is 0 Å². The summed E-state index contributed by atoms with van der Waals surface area (Å²) in [6, 6.07) is 10.5. The Morgan fingerprint density at radius 2 is 1.64 bits per heavy atom. The van der Waals surface area contributed by atoms with Crippen molar-refractivity contribution in [1.29, 1.82) is 10.5 Å². The highest BCUT2D eigenvalue weighted by Crippen LogP contribution is 2.43. The Labute approximate surface area is 128 Å². The highest BCUT2D eigenvalue weighted by molar-refractivity contribution is 5.59. The monoisotopic (exact) mass is 294 g/mol. The molecule has 0 aromatic heterocycles. The number of nitrogens with zero attached hydrogens (tertiary/aromatic N) is 4. The lowest BCUT2D eigenvalue weighted by Crippen LogP contribution is -2.26. The third kappa shape index (κ3) is 2.21. The molecule has 0 N–H and O–H groups in total. The first-order chi connectivity index (χ1) is 10.4. The van der Waals surface area contributed by atoms with E-state index in [-0.39, 0.29) is 5.69 Å². The van der Waals surface area contributed by atoms with E-state index in [0.29, 0.717) is 28.1 Å². The minimum Gasteiger partial charge on any atom is -0.350 e. The summed E-state index contributed by atoms with van der Waals surface area (Å²) in [6.45, 7) is 3.55. The number of hydrogen-bond donors (Lipinski definition) is 0. The zero-order chi connectivity index (χ0) is 16.4. The third-order valence-corrected chi connectivity index (χ3v) is 4.05. The van der Waals surface area contributed by atoms with E-state index in [9.17, 15) is 20.6 Å². The maximum Gasteiger partial charge on any atom is 0.273 e. The van der Waals surface area contributed by atoms with Crippen LogP contribution in [0.4, 0.5) is 5.69 Å². The summed E-state index contributed by atoms with van der Waals surface area (Å²) in [5, 5.41) is 30.3. The second-order valence-electron chi connectivity index (χ2n) is 5.03. The number of nitro groups is 1. The highest BCUT2D eigenvalue weighted by atomic mass is 16.6. The van der Waals surface area contributed by atoms with Crippen molar-refractivity contribution in [2.75, 3.05) is 7.05 Å². The van der Waals surface area contributed by atoms with E-state index >= 15 is 0 Å². The van der Waals surface area contributed by atoms with Gasteiger partial charge in [-0.3, -0.25) is 10.1 Å². The normalized spacial score (nSPS) is 15.6. The molecule has 0 amide bonds. The summed E-state index contributed by atoms with van der Waals surface area (Å²) in [5.74, 6) is -0.701. The Balaban J connectivity index is 2.79. The van der Waals surface area contributed by atoms with Crippen LogP contribution in [0, 0.1) is 32.8 Å². The van der Waals surface area contributed by atoms with Crippen LogP contribution in [-0.4, -0.2) is 16.9 Å². The fraction of sp³-hybridized carbons (Fsp3) is 0.250. The number of para-hydroxylation sites is 1. The molecule has 0 saturated carbocycles. The van der Waals surface area contributed by atoms with Crippen molar-refractivity contribution in [2.24, 2.45) is 0 Å². The molecular weight excluding hydrogens is 280 g/mol. The van der Waals surface area contributed by atoms with Crippen LogP contribution in [0.2, 0.25) is 0 Å². The van der Waals surface area contributed by atoms with E-state index in [1.54, 1.807) is 44.0 Å². The van der Waals surface area contributed by atoms with E-state index in [2.05, 4.69) is 12.1 Å². The Morgan fingerprint density at radius 3 is 2.09 bits per heavy atom. The Kier molecular flexibility index (Phi) is 3.96. The van der Waals surface area contributed by atoms with E-state index in [1.165, 1.54) is 6.07 Å². The molecule has 0 fully saturated rings. The van der Waals surface area contributed by atoms with Gasteiger partial charge in [-0.25, -0.2) is 0 Å². The molecule has 0 saturated heterocycles. The third-order valence-electron chi connectivity index (χ3n) is 4.05. The van der Waals surface area contributed by atoms with Crippen LogP contribution in [0.15, 0.2) is 46.8 Å². The summed E-state index contributed by atoms with van der Waals surface area (Å²) in [5.41, 5.74) is 2.40. The minimum atomic E-state index is -0.701. The maximum atomic E-state index is 11.3. The Bertz CT molecular complexity index is 755. The predicted molar refractivity (Wildman–Crippen MR) is 80.2 cm³/mol. The summed E-state index contributed by atoms with van der Waals surface area (Å²) in [4.78, 5) is 12.6. The number of nitriles is 2. The van der Waals surface area contributed by atoms with Gasteiger partial charge >= 0.3 is 0 Å². The molecular formula is C16H14N4O2. The highest BCUT2D eigenvalue weighted by Gasteiger charge is 2.35. The van der Waals surface area contributed by atoms with Gasteiger partial charge in [-0.05, 0) is 13.8 Å². The number of allylic oxidation sites excluding steroid dienone is 4.